The van der Waals surface area contributed by atoms with Crippen molar-refractivity contribution in [2.75, 3.05) is 6.54 Å². The van der Waals surface area contributed by atoms with E-state index in [2.05, 4.69) is 10.7 Å². The summed E-state index contributed by atoms with van der Waals surface area (Å²) in [6.07, 6.45) is 0. The minimum Gasteiger partial charge on any atom is -0.275 e. The topological polar surface area (TPSA) is 91.4 Å². The van der Waals surface area contributed by atoms with Crippen LogP contribution >= 0.6 is 0 Å². The van der Waals surface area contributed by atoms with E-state index in [0.717, 1.165) is 21.7 Å². The molecule has 0 saturated carbocycles. The molecule has 2 N–H and O–H groups in total. The molecule has 5 rings (SSSR count). The maximum Gasteiger partial charge on any atom is 0.343 e. The zero-order valence-corrected chi connectivity index (χ0v) is 16.9. The Labute approximate surface area is 183 Å². The summed E-state index contributed by atoms with van der Waals surface area (Å²) in [5.41, 5.74) is 7.22. The Morgan fingerprint density at radius 1 is 0.844 bits per heavy atom. The Morgan fingerprint density at radius 3 is 2.22 bits per heavy atom. The molecule has 0 bridgehead atoms. The van der Waals surface area contributed by atoms with Gasteiger partial charge in [0.05, 0.1) is 16.8 Å². The van der Waals surface area contributed by atoms with Gasteiger partial charge < -0.3 is 0 Å². The third-order valence-electron chi connectivity index (χ3n) is 5.28. The van der Waals surface area contributed by atoms with E-state index < -0.39 is 17.8 Å². The number of aromatic nitrogens is 1. The maximum absolute atomic E-state index is 13.0. The second kappa shape index (κ2) is 7.96. The highest BCUT2D eigenvalue weighted by molar-refractivity contribution is 6.09. The Hall–Kier alpha value is -4.52. The fourth-order valence-corrected chi connectivity index (χ4v) is 3.69. The largest absolute Gasteiger partial charge is 0.343 e. The summed E-state index contributed by atoms with van der Waals surface area (Å²) in [6, 6.07) is 26.4. The Kier molecular flexibility index (Phi) is 4.84. The first kappa shape index (κ1) is 19.4. The van der Waals surface area contributed by atoms with Gasteiger partial charge in [-0.05, 0) is 23.3 Å². The van der Waals surface area contributed by atoms with E-state index >= 15 is 0 Å². The molecule has 1 fully saturated rings. The zero-order valence-electron chi connectivity index (χ0n) is 16.9. The quantitative estimate of drug-likeness (QED) is 0.490. The molecule has 7 heteroatoms. The highest BCUT2D eigenvalue weighted by atomic mass is 16.2. The average Bonchev–Trinajstić information content (AvgIpc) is 3.15. The van der Waals surface area contributed by atoms with Gasteiger partial charge in [0.1, 0.15) is 6.54 Å². The third-order valence-corrected chi connectivity index (χ3v) is 5.28. The van der Waals surface area contributed by atoms with E-state index in [9.17, 15) is 14.4 Å². The number of nitrogens with one attached hydrogen (secondary N) is 2. The number of carbonyl (C=O) groups is 3. The first-order chi connectivity index (χ1) is 15.6. The maximum atomic E-state index is 13.0. The van der Waals surface area contributed by atoms with Crippen LogP contribution in [0.4, 0.5) is 4.79 Å². The van der Waals surface area contributed by atoms with Crippen LogP contribution in [0, 0.1) is 0 Å². The number of carbonyl (C=O) groups excluding carboxylic acids is 3. The summed E-state index contributed by atoms with van der Waals surface area (Å²) in [5.74, 6) is -0.954. The molecule has 3 aromatic carbocycles. The molecule has 4 aromatic rings. The molecular formula is C25H18N4O3. The number of para-hydroxylation sites is 1. The summed E-state index contributed by atoms with van der Waals surface area (Å²) in [4.78, 5) is 41.0. The minimum absolute atomic E-state index is 0.221. The monoisotopic (exact) mass is 422 g/mol. The fourth-order valence-electron chi connectivity index (χ4n) is 3.69. The van der Waals surface area contributed by atoms with Crippen molar-refractivity contribution in [1.29, 1.82) is 0 Å². The molecule has 1 aliphatic heterocycles. The number of urea groups is 1. The minimum atomic E-state index is -0.654. The molecule has 0 unspecified atom stereocenters. The molecule has 7 nitrogen and oxygen atoms in total. The highest BCUT2D eigenvalue weighted by Crippen LogP contribution is 2.27. The lowest BCUT2D eigenvalue weighted by Crippen LogP contribution is -2.44. The van der Waals surface area contributed by atoms with Gasteiger partial charge in [0, 0.05) is 10.9 Å². The predicted octanol–water partition coefficient (Wildman–Crippen LogP) is 3.77. The Morgan fingerprint density at radius 2 is 1.50 bits per heavy atom. The molecule has 2 heterocycles. The first-order valence-corrected chi connectivity index (χ1v) is 10.1. The van der Waals surface area contributed by atoms with E-state index in [1.807, 2.05) is 72.8 Å². The van der Waals surface area contributed by atoms with Crippen LogP contribution < -0.4 is 10.7 Å². The van der Waals surface area contributed by atoms with Gasteiger partial charge in [0.15, 0.2) is 0 Å². The summed E-state index contributed by atoms with van der Waals surface area (Å²) in [6.45, 7) is -0.221. The summed E-state index contributed by atoms with van der Waals surface area (Å²) >= 11 is 0. The van der Waals surface area contributed by atoms with Crippen LogP contribution in [-0.2, 0) is 4.79 Å². The van der Waals surface area contributed by atoms with Gasteiger partial charge in [-0.25, -0.2) is 14.8 Å². The number of rotatable bonds is 4. The van der Waals surface area contributed by atoms with Crippen molar-refractivity contribution in [2.45, 2.75) is 0 Å². The average molecular weight is 422 g/mol. The molecule has 0 spiro atoms. The van der Waals surface area contributed by atoms with E-state index in [1.165, 1.54) is 0 Å². The molecule has 32 heavy (non-hydrogen) atoms. The van der Waals surface area contributed by atoms with E-state index in [1.54, 1.807) is 12.1 Å². The van der Waals surface area contributed by atoms with Crippen molar-refractivity contribution in [2.24, 2.45) is 0 Å². The van der Waals surface area contributed by atoms with Crippen LogP contribution in [0.1, 0.15) is 10.4 Å². The third kappa shape index (κ3) is 3.67. The van der Waals surface area contributed by atoms with Crippen molar-refractivity contribution < 1.29 is 14.4 Å². The number of pyridine rings is 1. The molecule has 156 valence electrons. The lowest BCUT2D eigenvalue weighted by atomic mass is 10.0. The lowest BCUT2D eigenvalue weighted by Gasteiger charge is -2.16. The van der Waals surface area contributed by atoms with E-state index in [0.29, 0.717) is 22.2 Å². The molecule has 0 atom stereocenters. The molecule has 1 saturated heterocycles. The standard InChI is InChI=1S/C25H18N4O3/c30-23-15-29(25(32)27-23)28-24(31)20-14-22(26-21-9-5-4-8-19(20)21)18-12-10-17(11-13-18)16-6-2-1-3-7-16/h1-14H,15H2,(H,28,31)(H,27,30,32). The summed E-state index contributed by atoms with van der Waals surface area (Å²) < 4.78 is 0. The Bertz CT molecular complexity index is 1350. The Balaban J connectivity index is 1.51. The normalized spacial score (nSPS) is 13.3. The summed E-state index contributed by atoms with van der Waals surface area (Å²) in [7, 11) is 0. The van der Waals surface area contributed by atoms with Crippen molar-refractivity contribution in [3.8, 4) is 22.4 Å². The number of benzene rings is 3. The second-order valence-electron chi connectivity index (χ2n) is 7.40. The second-order valence-corrected chi connectivity index (χ2v) is 7.40. The van der Waals surface area contributed by atoms with Gasteiger partial charge in [-0.3, -0.25) is 20.3 Å². The van der Waals surface area contributed by atoms with Gasteiger partial charge in [-0.15, -0.1) is 0 Å². The fraction of sp³-hybridized carbons (Fsp3) is 0.0400. The molecule has 1 aromatic heterocycles. The van der Waals surface area contributed by atoms with Gasteiger partial charge >= 0.3 is 6.03 Å². The molecule has 0 radical (unpaired) electrons. The van der Waals surface area contributed by atoms with Gasteiger partial charge in [-0.1, -0.05) is 72.8 Å². The van der Waals surface area contributed by atoms with E-state index in [-0.39, 0.29) is 6.54 Å². The van der Waals surface area contributed by atoms with Crippen molar-refractivity contribution in [1.82, 2.24) is 20.7 Å². The lowest BCUT2D eigenvalue weighted by molar-refractivity contribution is -0.118. The molecule has 1 aliphatic rings. The van der Waals surface area contributed by atoms with Gasteiger partial charge in [0.2, 0.25) is 5.91 Å². The number of imide groups is 1. The van der Waals surface area contributed by atoms with Crippen molar-refractivity contribution >= 4 is 28.7 Å². The number of nitrogens with zero attached hydrogens (tertiary/aromatic N) is 2. The van der Waals surface area contributed by atoms with Crippen molar-refractivity contribution in [3.05, 3.63) is 90.5 Å². The number of hydrazine groups is 1. The van der Waals surface area contributed by atoms with Gasteiger partial charge in [0.25, 0.3) is 5.91 Å². The molecular weight excluding hydrogens is 404 g/mol. The van der Waals surface area contributed by atoms with Crippen LogP contribution in [0.5, 0.6) is 0 Å². The highest BCUT2D eigenvalue weighted by Gasteiger charge is 2.29. The predicted molar refractivity (Wildman–Crippen MR) is 120 cm³/mol. The van der Waals surface area contributed by atoms with Crippen molar-refractivity contribution in [3.63, 3.8) is 0 Å². The van der Waals surface area contributed by atoms with Crippen LogP contribution in [0.2, 0.25) is 0 Å². The number of amides is 4. The SMILES string of the molecule is O=C1CN(NC(=O)c2cc(-c3ccc(-c4ccccc4)cc3)nc3ccccc23)C(=O)N1. The number of hydrogen-bond donors (Lipinski definition) is 2. The first-order valence-electron chi connectivity index (χ1n) is 10.1. The number of hydrogen-bond acceptors (Lipinski definition) is 4. The zero-order chi connectivity index (χ0) is 22.1. The molecule has 4 amide bonds. The van der Waals surface area contributed by atoms with E-state index in [4.69, 9.17) is 4.98 Å². The van der Waals surface area contributed by atoms with Crippen LogP contribution in [0.25, 0.3) is 33.3 Å². The smallest absolute Gasteiger partial charge is 0.275 e. The summed E-state index contributed by atoms with van der Waals surface area (Å²) in [5, 5.41) is 3.76. The van der Waals surface area contributed by atoms with Gasteiger partial charge in [-0.2, -0.15) is 0 Å². The molecule has 0 aliphatic carbocycles. The van der Waals surface area contributed by atoms with Crippen LogP contribution in [0.15, 0.2) is 84.9 Å². The van der Waals surface area contributed by atoms with Crippen LogP contribution in [0.3, 0.4) is 0 Å². The van der Waals surface area contributed by atoms with Crippen LogP contribution in [-0.4, -0.2) is 34.4 Å². The number of fused-ring (bicyclic) bond motifs is 1.